The summed E-state index contributed by atoms with van der Waals surface area (Å²) >= 11 is 0. The molecule has 1 saturated carbocycles. The van der Waals surface area contributed by atoms with Crippen molar-refractivity contribution in [1.29, 1.82) is 0 Å². The predicted molar refractivity (Wildman–Crippen MR) is 117 cm³/mol. The van der Waals surface area contributed by atoms with Crippen molar-refractivity contribution in [2.24, 2.45) is 0 Å². The van der Waals surface area contributed by atoms with E-state index in [1.807, 2.05) is 11.9 Å². The minimum atomic E-state index is -0.626. The number of likely N-dealkylation sites (N-methyl/N-ethyl adjacent to an activating group) is 1. The Labute approximate surface area is 186 Å². The molecule has 0 bridgehead atoms. The summed E-state index contributed by atoms with van der Waals surface area (Å²) in [7, 11) is 3.26. The van der Waals surface area contributed by atoms with Gasteiger partial charge in [-0.15, -0.1) is 0 Å². The van der Waals surface area contributed by atoms with Gasteiger partial charge in [-0.05, 0) is 37.5 Å². The Bertz CT molecular complexity index is 938. The molecule has 1 saturated heterocycles. The number of hydrogen-bond donors (Lipinski definition) is 1. The van der Waals surface area contributed by atoms with Crippen LogP contribution in [0, 0.1) is 10.1 Å². The lowest BCUT2D eigenvalue weighted by atomic mass is 9.94. The molecule has 10 nitrogen and oxygen atoms in total. The van der Waals surface area contributed by atoms with Gasteiger partial charge >= 0.3 is 6.03 Å². The fraction of sp³-hybridized carbons (Fsp3) is 0.500. The first-order valence-corrected chi connectivity index (χ1v) is 10.8. The SMILES string of the molecule is CN1C(=O)NC(=O)C1=Cc1cc(OCCCC(=O)N(C)C2CCCCC2)ccc1[N+](=O)[O-]. The molecule has 0 spiro atoms. The van der Waals surface area contributed by atoms with Crippen LogP contribution in [0.3, 0.4) is 0 Å². The Balaban J connectivity index is 1.61. The molecule has 2 fully saturated rings. The van der Waals surface area contributed by atoms with Crippen molar-refractivity contribution >= 4 is 29.6 Å². The fourth-order valence-electron chi connectivity index (χ4n) is 3.98. The third-order valence-corrected chi connectivity index (χ3v) is 5.93. The number of ether oxygens (including phenoxy) is 1. The van der Waals surface area contributed by atoms with Crippen LogP contribution in [0.2, 0.25) is 0 Å². The smallest absolute Gasteiger partial charge is 0.328 e. The lowest BCUT2D eigenvalue weighted by Gasteiger charge is -2.31. The summed E-state index contributed by atoms with van der Waals surface area (Å²) in [4.78, 5) is 49.7. The predicted octanol–water partition coefficient (Wildman–Crippen LogP) is 3.07. The van der Waals surface area contributed by atoms with Crippen LogP contribution in [-0.2, 0) is 9.59 Å². The number of urea groups is 1. The topological polar surface area (TPSA) is 122 Å². The normalized spacial score (nSPS) is 18.1. The molecule has 32 heavy (non-hydrogen) atoms. The third kappa shape index (κ3) is 5.43. The van der Waals surface area contributed by atoms with E-state index in [9.17, 15) is 24.5 Å². The number of nitrogens with zero attached hydrogens (tertiary/aromatic N) is 3. The lowest BCUT2D eigenvalue weighted by molar-refractivity contribution is -0.385. The standard InChI is InChI=1S/C22H28N4O6/c1-24(16-7-4-3-5-8-16)20(27)9-6-12-32-17-10-11-18(26(30)31)15(13-17)14-19-21(28)23-22(29)25(19)2/h10-11,13-14,16H,3-9,12H2,1-2H3,(H,23,28,29). The Kier molecular flexibility index (Phi) is 7.45. The molecular weight excluding hydrogens is 416 g/mol. The van der Waals surface area contributed by atoms with E-state index < -0.39 is 16.9 Å². The van der Waals surface area contributed by atoms with Crippen LogP contribution < -0.4 is 10.1 Å². The highest BCUT2D eigenvalue weighted by Crippen LogP contribution is 2.28. The first-order chi connectivity index (χ1) is 15.3. The second-order valence-electron chi connectivity index (χ2n) is 8.07. The molecule has 0 aromatic heterocycles. The van der Waals surface area contributed by atoms with Crippen molar-refractivity contribution < 1.29 is 24.0 Å². The molecule has 1 N–H and O–H groups in total. The van der Waals surface area contributed by atoms with Crippen LogP contribution in [0.1, 0.15) is 50.5 Å². The second-order valence-corrected chi connectivity index (χ2v) is 8.07. The summed E-state index contributed by atoms with van der Waals surface area (Å²) in [6.07, 6.45) is 7.83. The van der Waals surface area contributed by atoms with Crippen molar-refractivity contribution in [3.63, 3.8) is 0 Å². The molecule has 10 heteroatoms. The Hall–Kier alpha value is -3.43. The van der Waals surface area contributed by atoms with Gasteiger partial charge in [-0.25, -0.2) is 4.79 Å². The minimum Gasteiger partial charge on any atom is -0.494 e. The van der Waals surface area contributed by atoms with Crippen LogP contribution in [0.25, 0.3) is 6.08 Å². The molecule has 0 radical (unpaired) electrons. The van der Waals surface area contributed by atoms with Crippen molar-refractivity contribution in [3.8, 4) is 5.75 Å². The van der Waals surface area contributed by atoms with E-state index in [4.69, 9.17) is 4.74 Å². The zero-order valence-corrected chi connectivity index (χ0v) is 18.3. The van der Waals surface area contributed by atoms with E-state index in [2.05, 4.69) is 5.32 Å². The summed E-state index contributed by atoms with van der Waals surface area (Å²) in [6, 6.07) is 3.93. The highest BCUT2D eigenvalue weighted by molar-refractivity contribution is 6.14. The quantitative estimate of drug-likeness (QED) is 0.216. The van der Waals surface area contributed by atoms with Gasteiger partial charge in [-0.3, -0.25) is 29.9 Å². The van der Waals surface area contributed by atoms with Crippen molar-refractivity contribution in [2.45, 2.75) is 51.0 Å². The highest BCUT2D eigenvalue weighted by atomic mass is 16.6. The largest absolute Gasteiger partial charge is 0.494 e. The number of imide groups is 1. The molecule has 3 rings (SSSR count). The van der Waals surface area contributed by atoms with Crippen LogP contribution in [0.5, 0.6) is 5.75 Å². The molecule has 0 atom stereocenters. The molecule has 1 heterocycles. The minimum absolute atomic E-state index is 0.00611. The van der Waals surface area contributed by atoms with Gasteiger partial charge in [0, 0.05) is 32.6 Å². The van der Waals surface area contributed by atoms with Crippen molar-refractivity contribution in [1.82, 2.24) is 15.1 Å². The molecule has 1 aromatic carbocycles. The van der Waals surface area contributed by atoms with E-state index in [-0.39, 0.29) is 29.5 Å². The third-order valence-electron chi connectivity index (χ3n) is 5.93. The van der Waals surface area contributed by atoms with Crippen LogP contribution in [-0.4, -0.2) is 59.3 Å². The van der Waals surface area contributed by atoms with Crippen LogP contribution in [0.15, 0.2) is 23.9 Å². The zero-order chi connectivity index (χ0) is 23.3. The average Bonchev–Trinajstić information content (AvgIpc) is 3.02. The van der Waals surface area contributed by atoms with E-state index >= 15 is 0 Å². The number of rotatable bonds is 8. The molecule has 4 amide bonds. The van der Waals surface area contributed by atoms with Gasteiger partial charge in [0.1, 0.15) is 11.4 Å². The number of benzene rings is 1. The zero-order valence-electron chi connectivity index (χ0n) is 18.3. The van der Waals surface area contributed by atoms with Gasteiger partial charge in [0.15, 0.2) is 0 Å². The summed E-state index contributed by atoms with van der Waals surface area (Å²) in [5.41, 5.74) is -0.0615. The van der Waals surface area contributed by atoms with Gasteiger partial charge in [0.05, 0.1) is 17.1 Å². The molecule has 1 aliphatic carbocycles. The number of nitro benzene ring substituents is 1. The van der Waals surface area contributed by atoms with E-state index in [0.29, 0.717) is 24.6 Å². The Morgan fingerprint density at radius 2 is 2.03 bits per heavy atom. The first kappa shape index (κ1) is 23.2. The first-order valence-electron chi connectivity index (χ1n) is 10.8. The van der Waals surface area contributed by atoms with Crippen molar-refractivity contribution in [3.05, 3.63) is 39.6 Å². The van der Waals surface area contributed by atoms with E-state index in [0.717, 1.165) is 30.6 Å². The molecule has 2 aliphatic rings. The maximum absolute atomic E-state index is 12.4. The van der Waals surface area contributed by atoms with Gasteiger partial charge < -0.3 is 9.64 Å². The number of nitro groups is 1. The summed E-state index contributed by atoms with van der Waals surface area (Å²) < 4.78 is 5.69. The van der Waals surface area contributed by atoms with E-state index in [1.165, 1.54) is 37.7 Å². The second kappa shape index (κ2) is 10.3. The van der Waals surface area contributed by atoms with Gasteiger partial charge in [0.25, 0.3) is 11.6 Å². The Morgan fingerprint density at radius 1 is 1.31 bits per heavy atom. The molecule has 0 unspecified atom stereocenters. The van der Waals surface area contributed by atoms with Crippen molar-refractivity contribution in [2.75, 3.05) is 20.7 Å². The van der Waals surface area contributed by atoms with Crippen LogP contribution >= 0.6 is 0 Å². The molecule has 1 aliphatic heterocycles. The lowest BCUT2D eigenvalue weighted by Crippen LogP contribution is -2.38. The highest BCUT2D eigenvalue weighted by Gasteiger charge is 2.30. The summed E-state index contributed by atoms with van der Waals surface area (Å²) in [6.45, 7) is 0.275. The Morgan fingerprint density at radius 3 is 2.66 bits per heavy atom. The number of carbonyl (C=O) groups is 3. The molecular formula is C22H28N4O6. The monoisotopic (exact) mass is 444 g/mol. The number of carbonyl (C=O) groups excluding carboxylic acids is 3. The average molecular weight is 444 g/mol. The molecule has 172 valence electrons. The van der Waals surface area contributed by atoms with Gasteiger partial charge in [-0.2, -0.15) is 0 Å². The maximum atomic E-state index is 12.4. The van der Waals surface area contributed by atoms with Gasteiger partial charge in [0.2, 0.25) is 5.91 Å². The number of amides is 4. The summed E-state index contributed by atoms with van der Waals surface area (Å²) in [5, 5.41) is 13.5. The van der Waals surface area contributed by atoms with Gasteiger partial charge in [-0.1, -0.05) is 19.3 Å². The number of hydrogen-bond acceptors (Lipinski definition) is 6. The maximum Gasteiger partial charge on any atom is 0.328 e. The van der Waals surface area contributed by atoms with Crippen LogP contribution in [0.4, 0.5) is 10.5 Å². The van der Waals surface area contributed by atoms with E-state index in [1.54, 1.807) is 0 Å². The fourth-order valence-corrected chi connectivity index (χ4v) is 3.98. The summed E-state index contributed by atoms with van der Waals surface area (Å²) in [5.74, 6) is -0.156. The number of nitrogens with one attached hydrogen (secondary N) is 1. The molecule has 1 aromatic rings.